The van der Waals surface area contributed by atoms with Crippen LogP contribution in [0, 0.1) is 0 Å². The predicted molar refractivity (Wildman–Crippen MR) is 76.4 cm³/mol. The van der Waals surface area contributed by atoms with Gasteiger partial charge in [-0.3, -0.25) is 4.79 Å². The van der Waals surface area contributed by atoms with Crippen molar-refractivity contribution in [3.63, 3.8) is 0 Å². The molecule has 1 aromatic rings. The van der Waals surface area contributed by atoms with Gasteiger partial charge in [0.25, 0.3) is 5.24 Å². The second-order valence-electron chi connectivity index (χ2n) is 4.16. The van der Waals surface area contributed by atoms with Gasteiger partial charge in [-0.2, -0.15) is 13.9 Å². The van der Waals surface area contributed by atoms with Crippen LogP contribution in [-0.4, -0.2) is 29.9 Å². The van der Waals surface area contributed by atoms with Crippen molar-refractivity contribution >= 4 is 22.7 Å². The molecule has 0 fully saturated rings. The number of nitrogens with one attached hydrogen (secondary N) is 1. The maximum Gasteiger partial charge on any atom is 0.387 e. The highest BCUT2D eigenvalue weighted by molar-refractivity contribution is 8.14. The van der Waals surface area contributed by atoms with Crippen molar-refractivity contribution in [3.05, 3.63) is 23.8 Å². The number of hydrogen-bond acceptors (Lipinski definition) is 5. The third-order valence-corrected chi connectivity index (χ3v) is 4.01. The van der Waals surface area contributed by atoms with Crippen molar-refractivity contribution in [1.29, 1.82) is 0 Å². The summed E-state index contributed by atoms with van der Waals surface area (Å²) in [5, 5.41) is 3.66. The minimum Gasteiger partial charge on any atom is -0.493 e. The molecule has 1 N–H and O–H groups in total. The Balaban J connectivity index is 2.37. The fraction of sp³-hybridized carbons (Fsp3) is 0.385. The fourth-order valence-electron chi connectivity index (χ4n) is 1.94. The number of halogens is 2. The number of carbonyl (C=O) groups excluding carboxylic acids is 1. The van der Waals surface area contributed by atoms with Crippen LogP contribution in [0.3, 0.4) is 0 Å². The quantitative estimate of drug-likeness (QED) is 0.906. The summed E-state index contributed by atoms with van der Waals surface area (Å²) in [5.41, 5.74) is 3.59. The van der Waals surface area contributed by atoms with E-state index in [4.69, 9.17) is 4.74 Å². The molecule has 1 aliphatic rings. The van der Waals surface area contributed by atoms with Crippen molar-refractivity contribution in [2.24, 2.45) is 5.10 Å². The number of hydrazone groups is 1. The largest absolute Gasteiger partial charge is 0.493 e. The Bertz CT molecular complexity index is 566. The van der Waals surface area contributed by atoms with Crippen LogP contribution in [-0.2, 0) is 0 Å². The molecule has 1 aromatic carbocycles. The molecule has 1 heterocycles. The van der Waals surface area contributed by atoms with Crippen LogP contribution in [0.5, 0.6) is 11.5 Å². The van der Waals surface area contributed by atoms with Gasteiger partial charge in [-0.1, -0.05) is 18.7 Å². The Morgan fingerprint density at radius 2 is 2.19 bits per heavy atom. The van der Waals surface area contributed by atoms with Crippen LogP contribution in [0.15, 0.2) is 23.3 Å². The van der Waals surface area contributed by atoms with Crippen LogP contribution in [0.2, 0.25) is 0 Å². The van der Waals surface area contributed by atoms with Crippen LogP contribution < -0.4 is 14.9 Å². The molecular formula is C13H14F2N2O3S. The van der Waals surface area contributed by atoms with Gasteiger partial charge < -0.3 is 9.47 Å². The summed E-state index contributed by atoms with van der Waals surface area (Å²) in [4.78, 5) is 11.3. The average Bonchev–Trinajstić information content (AvgIpc) is 2.46. The number of amides is 1. The van der Waals surface area contributed by atoms with Gasteiger partial charge in [0.05, 0.1) is 18.1 Å². The van der Waals surface area contributed by atoms with E-state index < -0.39 is 6.61 Å². The van der Waals surface area contributed by atoms with Gasteiger partial charge in [0.1, 0.15) is 0 Å². The highest BCUT2D eigenvalue weighted by Gasteiger charge is 2.26. The summed E-state index contributed by atoms with van der Waals surface area (Å²) in [7, 11) is 1.37. The van der Waals surface area contributed by atoms with Crippen molar-refractivity contribution in [3.8, 4) is 11.5 Å². The van der Waals surface area contributed by atoms with Gasteiger partial charge in [-0.05, 0) is 24.6 Å². The lowest BCUT2D eigenvalue weighted by molar-refractivity contribution is -0.0512. The highest BCUT2D eigenvalue weighted by Crippen LogP contribution is 2.32. The Morgan fingerprint density at radius 3 is 2.81 bits per heavy atom. The Morgan fingerprint density at radius 1 is 1.43 bits per heavy atom. The van der Waals surface area contributed by atoms with E-state index >= 15 is 0 Å². The number of hydrogen-bond donors (Lipinski definition) is 1. The van der Waals surface area contributed by atoms with Crippen molar-refractivity contribution in [2.75, 3.05) is 7.11 Å². The molecule has 0 aliphatic carbocycles. The first-order chi connectivity index (χ1) is 10.0. The summed E-state index contributed by atoms with van der Waals surface area (Å²) in [5.74, 6) is 0.143. The molecule has 8 heteroatoms. The summed E-state index contributed by atoms with van der Waals surface area (Å²) in [6, 6.07) is 4.66. The third kappa shape index (κ3) is 3.63. The van der Waals surface area contributed by atoms with Gasteiger partial charge in [-0.15, -0.1) is 0 Å². The molecule has 2 rings (SSSR count). The minimum absolute atomic E-state index is 0.0653. The van der Waals surface area contributed by atoms with Gasteiger partial charge in [0.2, 0.25) is 0 Å². The van der Waals surface area contributed by atoms with E-state index in [-0.39, 0.29) is 22.0 Å². The molecule has 0 saturated heterocycles. The summed E-state index contributed by atoms with van der Waals surface area (Å²) in [6.07, 6.45) is 0.688. The lowest BCUT2D eigenvalue weighted by Gasteiger charge is -2.21. The molecule has 0 spiro atoms. The zero-order valence-electron chi connectivity index (χ0n) is 11.4. The highest BCUT2D eigenvalue weighted by atomic mass is 32.2. The Kier molecular flexibility index (Phi) is 5.00. The second-order valence-corrected chi connectivity index (χ2v) is 5.33. The number of nitrogens with zero attached hydrogens (tertiary/aromatic N) is 1. The molecule has 114 valence electrons. The van der Waals surface area contributed by atoms with Crippen LogP contribution in [0.1, 0.15) is 18.9 Å². The molecule has 5 nitrogen and oxygen atoms in total. The van der Waals surface area contributed by atoms with Gasteiger partial charge in [0, 0.05) is 5.56 Å². The molecule has 0 saturated carbocycles. The number of ether oxygens (including phenoxy) is 2. The topological polar surface area (TPSA) is 59.9 Å². The van der Waals surface area contributed by atoms with E-state index in [0.29, 0.717) is 17.7 Å². The van der Waals surface area contributed by atoms with Gasteiger partial charge >= 0.3 is 6.61 Å². The van der Waals surface area contributed by atoms with Crippen molar-refractivity contribution < 1.29 is 23.0 Å². The maximum atomic E-state index is 12.4. The second kappa shape index (κ2) is 6.75. The first-order valence-electron chi connectivity index (χ1n) is 6.22. The molecule has 21 heavy (non-hydrogen) atoms. The lowest BCUT2D eigenvalue weighted by atomic mass is 10.0. The fourth-order valence-corrected chi connectivity index (χ4v) is 2.76. The zero-order valence-corrected chi connectivity index (χ0v) is 12.2. The van der Waals surface area contributed by atoms with E-state index in [1.807, 2.05) is 6.92 Å². The monoisotopic (exact) mass is 316 g/mol. The number of rotatable bonds is 5. The van der Waals surface area contributed by atoms with Crippen LogP contribution in [0.25, 0.3) is 0 Å². The smallest absolute Gasteiger partial charge is 0.387 e. The number of alkyl halides is 2. The molecule has 1 amide bonds. The van der Waals surface area contributed by atoms with Crippen LogP contribution >= 0.6 is 11.8 Å². The van der Waals surface area contributed by atoms with Crippen molar-refractivity contribution in [2.45, 2.75) is 25.2 Å². The molecule has 1 aliphatic heterocycles. The molecule has 1 unspecified atom stereocenters. The SMILES string of the molecule is CCC1SC(=O)NN=C1c1ccc(OC)c(OC(F)F)c1. The van der Waals surface area contributed by atoms with E-state index in [1.165, 1.54) is 19.2 Å². The first kappa shape index (κ1) is 15.6. The lowest BCUT2D eigenvalue weighted by Crippen LogP contribution is -2.31. The molecular weight excluding hydrogens is 302 g/mol. The molecule has 0 aromatic heterocycles. The van der Waals surface area contributed by atoms with Gasteiger partial charge in [0.15, 0.2) is 11.5 Å². The normalized spacial score (nSPS) is 18.2. The van der Waals surface area contributed by atoms with Crippen LogP contribution in [0.4, 0.5) is 13.6 Å². The number of carbonyl (C=O) groups is 1. The van der Waals surface area contributed by atoms with Gasteiger partial charge in [-0.25, -0.2) is 5.43 Å². The number of thioether (sulfide) groups is 1. The van der Waals surface area contributed by atoms with E-state index in [9.17, 15) is 13.6 Å². The van der Waals surface area contributed by atoms with Crippen molar-refractivity contribution in [1.82, 2.24) is 5.43 Å². The van der Waals surface area contributed by atoms with E-state index in [1.54, 1.807) is 6.07 Å². The number of methoxy groups -OCH3 is 1. The third-order valence-electron chi connectivity index (χ3n) is 2.87. The number of benzene rings is 1. The average molecular weight is 316 g/mol. The molecule has 0 radical (unpaired) electrons. The Hall–Kier alpha value is -1.83. The predicted octanol–water partition coefficient (Wildman–Crippen LogP) is 3.24. The van der Waals surface area contributed by atoms with E-state index in [0.717, 1.165) is 11.8 Å². The minimum atomic E-state index is -2.95. The zero-order chi connectivity index (χ0) is 15.4. The Labute approximate surface area is 124 Å². The molecule has 1 atom stereocenters. The molecule has 0 bridgehead atoms. The van der Waals surface area contributed by atoms with E-state index in [2.05, 4.69) is 15.3 Å². The standard InChI is InChI=1S/C13H14F2N2O3S/c1-3-10-11(16-17-13(18)21-10)7-4-5-8(19-2)9(6-7)20-12(14)15/h4-6,10,12H,3H2,1-2H3,(H,17,18). The summed E-state index contributed by atoms with van der Waals surface area (Å²) in [6.45, 7) is -1.02. The summed E-state index contributed by atoms with van der Waals surface area (Å²) < 4.78 is 34.3. The first-order valence-corrected chi connectivity index (χ1v) is 7.10. The maximum absolute atomic E-state index is 12.4. The summed E-state index contributed by atoms with van der Waals surface area (Å²) >= 11 is 1.12.